The van der Waals surface area contributed by atoms with E-state index in [4.69, 9.17) is 0 Å². The van der Waals surface area contributed by atoms with Crippen molar-refractivity contribution in [3.8, 4) is 0 Å². The van der Waals surface area contributed by atoms with Gasteiger partial charge in [-0.15, -0.1) is 0 Å². The summed E-state index contributed by atoms with van der Waals surface area (Å²) < 4.78 is 27.7. The fourth-order valence-electron chi connectivity index (χ4n) is 2.44. The SMILES string of the molecule is Cc1ccc(S(=O)(=O)N[C@H](CC(C)C)C(=O)N/N=C\c2ccccc2)cc1. The molecule has 2 N–H and O–H groups in total. The molecule has 0 bridgehead atoms. The first kappa shape index (κ1) is 20.8. The molecule has 0 heterocycles. The summed E-state index contributed by atoms with van der Waals surface area (Å²) in [6.45, 7) is 5.73. The Morgan fingerprint density at radius 3 is 2.30 bits per heavy atom. The predicted molar refractivity (Wildman–Crippen MR) is 107 cm³/mol. The van der Waals surface area contributed by atoms with Crippen molar-refractivity contribution in [2.24, 2.45) is 11.0 Å². The molecule has 0 unspecified atom stereocenters. The summed E-state index contributed by atoms with van der Waals surface area (Å²) in [5.41, 5.74) is 4.21. The maximum absolute atomic E-state index is 12.6. The van der Waals surface area contributed by atoms with E-state index < -0.39 is 22.0 Å². The lowest BCUT2D eigenvalue weighted by atomic mass is 10.0. The van der Waals surface area contributed by atoms with Gasteiger partial charge in [0.15, 0.2) is 0 Å². The summed E-state index contributed by atoms with van der Waals surface area (Å²) >= 11 is 0. The van der Waals surface area contributed by atoms with Gasteiger partial charge in [0.1, 0.15) is 6.04 Å². The van der Waals surface area contributed by atoms with E-state index in [2.05, 4.69) is 15.2 Å². The highest BCUT2D eigenvalue weighted by Gasteiger charge is 2.26. The third-order valence-corrected chi connectivity index (χ3v) is 5.33. The van der Waals surface area contributed by atoms with Crippen LogP contribution in [0.25, 0.3) is 0 Å². The Kier molecular flexibility index (Phi) is 7.27. The van der Waals surface area contributed by atoms with E-state index in [1.165, 1.54) is 18.3 Å². The topological polar surface area (TPSA) is 87.6 Å². The predicted octanol–water partition coefficient (Wildman–Crippen LogP) is 2.84. The summed E-state index contributed by atoms with van der Waals surface area (Å²) in [4.78, 5) is 12.6. The zero-order chi connectivity index (χ0) is 19.9. The minimum absolute atomic E-state index is 0.125. The molecule has 2 aromatic carbocycles. The molecule has 1 amide bonds. The van der Waals surface area contributed by atoms with Crippen LogP contribution in [0.5, 0.6) is 0 Å². The van der Waals surface area contributed by atoms with Gasteiger partial charge in [0.05, 0.1) is 11.1 Å². The average molecular weight is 388 g/mol. The summed E-state index contributed by atoms with van der Waals surface area (Å²) in [5, 5.41) is 3.92. The van der Waals surface area contributed by atoms with Crippen LogP contribution in [0.4, 0.5) is 0 Å². The summed E-state index contributed by atoms with van der Waals surface area (Å²) in [5.74, 6) is -0.369. The van der Waals surface area contributed by atoms with Gasteiger partial charge in [0.2, 0.25) is 10.0 Å². The molecule has 0 spiro atoms. The van der Waals surface area contributed by atoms with Crippen LogP contribution in [0.1, 0.15) is 31.4 Å². The lowest BCUT2D eigenvalue weighted by Gasteiger charge is -2.19. The monoisotopic (exact) mass is 387 g/mol. The molecule has 0 aliphatic heterocycles. The van der Waals surface area contributed by atoms with Gasteiger partial charge in [0, 0.05) is 0 Å². The van der Waals surface area contributed by atoms with Crippen molar-refractivity contribution in [1.29, 1.82) is 0 Å². The van der Waals surface area contributed by atoms with Crippen molar-refractivity contribution in [3.63, 3.8) is 0 Å². The zero-order valence-corrected chi connectivity index (χ0v) is 16.5. The number of rotatable bonds is 8. The van der Waals surface area contributed by atoms with Crippen LogP contribution in [0.15, 0.2) is 64.6 Å². The number of hydrogen-bond donors (Lipinski definition) is 2. The number of benzene rings is 2. The highest BCUT2D eigenvalue weighted by molar-refractivity contribution is 7.89. The van der Waals surface area contributed by atoms with Crippen molar-refractivity contribution < 1.29 is 13.2 Å². The number of carbonyl (C=O) groups is 1. The molecule has 0 saturated carbocycles. The van der Waals surface area contributed by atoms with E-state index in [0.717, 1.165) is 11.1 Å². The number of amides is 1. The number of carbonyl (C=O) groups excluding carboxylic acids is 1. The molecule has 1 atom stereocenters. The van der Waals surface area contributed by atoms with Gasteiger partial charge >= 0.3 is 0 Å². The second-order valence-corrected chi connectivity index (χ2v) is 8.48. The largest absolute Gasteiger partial charge is 0.271 e. The van der Waals surface area contributed by atoms with Crippen LogP contribution < -0.4 is 10.1 Å². The van der Waals surface area contributed by atoms with Crippen LogP contribution >= 0.6 is 0 Å². The van der Waals surface area contributed by atoms with Crippen molar-refractivity contribution in [3.05, 3.63) is 65.7 Å². The fourth-order valence-corrected chi connectivity index (χ4v) is 3.65. The molecular weight excluding hydrogens is 362 g/mol. The molecule has 7 heteroatoms. The second-order valence-electron chi connectivity index (χ2n) is 6.76. The number of aryl methyl sites for hydroxylation is 1. The second kappa shape index (κ2) is 9.43. The Hall–Kier alpha value is -2.51. The van der Waals surface area contributed by atoms with Crippen molar-refractivity contribution in [1.82, 2.24) is 10.1 Å². The first-order valence-electron chi connectivity index (χ1n) is 8.75. The summed E-state index contributed by atoms with van der Waals surface area (Å²) in [7, 11) is -3.81. The quantitative estimate of drug-likeness (QED) is 0.539. The number of hydrogen-bond acceptors (Lipinski definition) is 4. The van der Waals surface area contributed by atoms with Crippen LogP contribution in [0.3, 0.4) is 0 Å². The highest BCUT2D eigenvalue weighted by atomic mass is 32.2. The van der Waals surface area contributed by atoms with Gasteiger partial charge in [-0.25, -0.2) is 13.8 Å². The number of nitrogens with zero attached hydrogens (tertiary/aromatic N) is 1. The first-order valence-corrected chi connectivity index (χ1v) is 10.2. The lowest BCUT2D eigenvalue weighted by molar-refractivity contribution is -0.123. The molecule has 0 aliphatic carbocycles. The summed E-state index contributed by atoms with van der Waals surface area (Å²) in [6, 6.07) is 14.9. The van der Waals surface area contributed by atoms with E-state index in [1.807, 2.05) is 51.1 Å². The smallest absolute Gasteiger partial charge is 0.258 e. The van der Waals surface area contributed by atoms with E-state index >= 15 is 0 Å². The van der Waals surface area contributed by atoms with E-state index in [0.29, 0.717) is 6.42 Å². The Balaban J connectivity index is 2.10. The van der Waals surface area contributed by atoms with Gasteiger partial charge in [-0.3, -0.25) is 4.79 Å². The van der Waals surface area contributed by atoms with E-state index in [9.17, 15) is 13.2 Å². The van der Waals surface area contributed by atoms with Crippen molar-refractivity contribution in [2.45, 2.75) is 38.1 Å². The number of sulfonamides is 1. The van der Waals surface area contributed by atoms with Crippen molar-refractivity contribution in [2.75, 3.05) is 0 Å². The van der Waals surface area contributed by atoms with Crippen LogP contribution in [0, 0.1) is 12.8 Å². The molecule has 0 radical (unpaired) electrons. The molecule has 0 aromatic heterocycles. The molecule has 0 fully saturated rings. The minimum atomic E-state index is -3.81. The third-order valence-electron chi connectivity index (χ3n) is 3.84. The number of nitrogens with one attached hydrogen (secondary N) is 2. The van der Waals surface area contributed by atoms with Gasteiger partial charge in [-0.1, -0.05) is 61.9 Å². The van der Waals surface area contributed by atoms with Gasteiger partial charge in [-0.05, 0) is 37.0 Å². The molecular formula is C20H25N3O3S. The first-order chi connectivity index (χ1) is 12.8. The molecule has 2 rings (SSSR count). The average Bonchev–Trinajstić information content (AvgIpc) is 2.62. The molecule has 2 aromatic rings. The lowest BCUT2D eigenvalue weighted by Crippen LogP contribution is -2.46. The maximum Gasteiger partial charge on any atom is 0.258 e. The van der Waals surface area contributed by atoms with Gasteiger partial charge < -0.3 is 0 Å². The fraction of sp³-hybridized carbons (Fsp3) is 0.300. The molecule has 0 aliphatic rings. The normalized spacial score (nSPS) is 13.0. The Morgan fingerprint density at radius 1 is 1.07 bits per heavy atom. The van der Waals surface area contributed by atoms with Crippen molar-refractivity contribution >= 4 is 22.1 Å². The Morgan fingerprint density at radius 2 is 1.70 bits per heavy atom. The molecule has 27 heavy (non-hydrogen) atoms. The minimum Gasteiger partial charge on any atom is -0.271 e. The highest BCUT2D eigenvalue weighted by Crippen LogP contribution is 2.13. The Labute approximate surface area is 160 Å². The van der Waals surface area contributed by atoms with Crippen LogP contribution in [0.2, 0.25) is 0 Å². The zero-order valence-electron chi connectivity index (χ0n) is 15.7. The summed E-state index contributed by atoms with van der Waals surface area (Å²) in [6.07, 6.45) is 1.87. The molecule has 0 saturated heterocycles. The third kappa shape index (κ3) is 6.62. The Bertz CT molecular complexity index is 876. The molecule has 6 nitrogen and oxygen atoms in total. The van der Waals surface area contributed by atoms with E-state index in [-0.39, 0.29) is 10.8 Å². The maximum atomic E-state index is 12.6. The van der Waals surface area contributed by atoms with Crippen LogP contribution in [-0.2, 0) is 14.8 Å². The molecule has 144 valence electrons. The van der Waals surface area contributed by atoms with Crippen LogP contribution in [-0.4, -0.2) is 26.6 Å². The number of hydrazone groups is 1. The van der Waals surface area contributed by atoms with Gasteiger partial charge in [-0.2, -0.15) is 9.82 Å². The van der Waals surface area contributed by atoms with E-state index in [1.54, 1.807) is 12.1 Å². The standard InChI is InChI=1S/C20H25N3O3S/c1-15(2)13-19(20(24)22-21-14-17-7-5-4-6-8-17)23-27(25,26)18-11-9-16(3)10-12-18/h4-12,14-15,19,23H,13H2,1-3H3,(H,22,24)/b21-14-/t19-/m1/s1. The van der Waals surface area contributed by atoms with Gasteiger partial charge in [0.25, 0.3) is 5.91 Å².